The lowest BCUT2D eigenvalue weighted by atomic mass is 10.0. The van der Waals surface area contributed by atoms with Crippen LogP contribution in [0.2, 0.25) is 0 Å². The first-order chi connectivity index (χ1) is 17.4. The molecule has 6 nitrogen and oxygen atoms in total. The SMILES string of the molecule is O=C(c1ccccc1Cn1cncn1)N1CCC[C@H]1c1cccc(Cc2ccc(C(F)(F)F)cc2)n1. The van der Waals surface area contributed by atoms with Gasteiger partial charge in [-0.15, -0.1) is 0 Å². The Morgan fingerprint density at radius 3 is 2.56 bits per heavy atom. The predicted molar refractivity (Wildman–Crippen MR) is 127 cm³/mol. The highest BCUT2D eigenvalue weighted by molar-refractivity contribution is 5.96. The molecule has 36 heavy (non-hydrogen) atoms. The topological polar surface area (TPSA) is 63.9 Å². The summed E-state index contributed by atoms with van der Waals surface area (Å²) < 4.78 is 40.3. The van der Waals surface area contributed by atoms with E-state index < -0.39 is 11.7 Å². The summed E-state index contributed by atoms with van der Waals surface area (Å²) in [6.07, 6.45) is 0.799. The van der Waals surface area contributed by atoms with Gasteiger partial charge in [0.05, 0.1) is 23.8 Å². The molecule has 2 aromatic carbocycles. The number of pyridine rings is 1. The molecule has 5 rings (SSSR count). The maximum Gasteiger partial charge on any atom is 0.416 e. The second-order valence-electron chi connectivity index (χ2n) is 8.83. The molecule has 1 aliphatic rings. The molecule has 0 N–H and O–H groups in total. The second kappa shape index (κ2) is 9.93. The van der Waals surface area contributed by atoms with Crippen LogP contribution < -0.4 is 0 Å². The highest BCUT2D eigenvalue weighted by atomic mass is 19.4. The minimum absolute atomic E-state index is 0.0526. The van der Waals surface area contributed by atoms with Gasteiger partial charge in [0.25, 0.3) is 5.91 Å². The van der Waals surface area contributed by atoms with E-state index in [1.165, 1.54) is 18.5 Å². The van der Waals surface area contributed by atoms with Gasteiger partial charge in [-0.05, 0) is 54.3 Å². The predicted octanol–water partition coefficient (Wildman–Crippen LogP) is 5.31. The highest BCUT2D eigenvalue weighted by Gasteiger charge is 2.33. The number of likely N-dealkylation sites (tertiary alicyclic amines) is 1. The molecule has 1 aliphatic heterocycles. The summed E-state index contributed by atoms with van der Waals surface area (Å²) in [6.45, 7) is 1.08. The summed E-state index contributed by atoms with van der Waals surface area (Å²) >= 11 is 0. The van der Waals surface area contributed by atoms with Gasteiger partial charge in [0.15, 0.2) is 0 Å². The fourth-order valence-electron chi connectivity index (χ4n) is 4.63. The van der Waals surface area contributed by atoms with Gasteiger partial charge in [-0.3, -0.25) is 9.78 Å². The average Bonchev–Trinajstić information content (AvgIpc) is 3.56. The minimum atomic E-state index is -4.36. The van der Waals surface area contributed by atoms with Gasteiger partial charge in [0, 0.05) is 24.2 Å². The second-order valence-corrected chi connectivity index (χ2v) is 8.83. The van der Waals surface area contributed by atoms with Crippen molar-refractivity contribution in [2.24, 2.45) is 0 Å². The van der Waals surface area contributed by atoms with Crippen LogP contribution in [0.4, 0.5) is 13.2 Å². The maximum atomic E-state index is 13.6. The quantitative estimate of drug-likeness (QED) is 0.367. The number of nitrogens with zero attached hydrogens (tertiary/aromatic N) is 5. The van der Waals surface area contributed by atoms with Crippen LogP contribution in [-0.4, -0.2) is 37.1 Å². The standard InChI is InChI=1S/C27H24F3N5O/c28-27(29,30)21-12-10-19(11-13-21)15-22-6-3-8-24(33-22)25-9-4-14-35(25)26(36)23-7-2-1-5-20(23)16-34-18-31-17-32-34/h1-3,5-8,10-13,17-18,25H,4,9,14-16H2/t25-/m0/s1. The number of rotatable bonds is 6. The van der Waals surface area contributed by atoms with Crippen molar-refractivity contribution in [1.82, 2.24) is 24.6 Å². The lowest BCUT2D eigenvalue weighted by Gasteiger charge is -2.26. The van der Waals surface area contributed by atoms with Gasteiger partial charge in [0.2, 0.25) is 0 Å². The van der Waals surface area contributed by atoms with Gasteiger partial charge in [0.1, 0.15) is 12.7 Å². The summed E-state index contributed by atoms with van der Waals surface area (Å²) in [6, 6.07) is 18.1. The van der Waals surface area contributed by atoms with E-state index in [1.807, 2.05) is 47.4 Å². The van der Waals surface area contributed by atoms with E-state index >= 15 is 0 Å². The number of hydrogen-bond acceptors (Lipinski definition) is 4. The zero-order valence-corrected chi connectivity index (χ0v) is 19.4. The minimum Gasteiger partial charge on any atom is -0.330 e. The Kier molecular flexibility index (Phi) is 6.54. The van der Waals surface area contributed by atoms with Crippen LogP contribution in [0.5, 0.6) is 0 Å². The summed E-state index contributed by atoms with van der Waals surface area (Å²) in [5, 5.41) is 4.15. The van der Waals surface area contributed by atoms with E-state index in [9.17, 15) is 18.0 Å². The van der Waals surface area contributed by atoms with Crippen LogP contribution in [0.1, 0.15) is 57.3 Å². The lowest BCUT2D eigenvalue weighted by molar-refractivity contribution is -0.137. The van der Waals surface area contributed by atoms with Gasteiger partial charge >= 0.3 is 6.18 Å². The summed E-state index contributed by atoms with van der Waals surface area (Å²) in [4.78, 5) is 24.3. The molecular weight excluding hydrogens is 467 g/mol. The fourth-order valence-corrected chi connectivity index (χ4v) is 4.63. The Balaban J connectivity index is 1.35. The Bertz CT molecular complexity index is 1340. The molecule has 2 aromatic heterocycles. The van der Waals surface area contributed by atoms with Gasteiger partial charge in [-0.25, -0.2) is 9.67 Å². The summed E-state index contributed by atoms with van der Waals surface area (Å²) in [5.41, 5.74) is 3.10. The first-order valence-electron chi connectivity index (χ1n) is 11.7. The Morgan fingerprint density at radius 2 is 1.81 bits per heavy atom. The van der Waals surface area contributed by atoms with Crippen molar-refractivity contribution in [3.8, 4) is 0 Å². The molecule has 184 valence electrons. The lowest BCUT2D eigenvalue weighted by Crippen LogP contribution is -2.32. The molecule has 0 aliphatic carbocycles. The van der Waals surface area contributed by atoms with Crippen molar-refractivity contribution in [2.45, 2.75) is 38.0 Å². The van der Waals surface area contributed by atoms with Crippen LogP contribution in [0, 0.1) is 0 Å². The molecule has 1 fully saturated rings. The van der Waals surface area contributed by atoms with E-state index in [1.54, 1.807) is 11.0 Å². The number of amides is 1. The third kappa shape index (κ3) is 5.15. The van der Waals surface area contributed by atoms with Gasteiger partial charge in [-0.1, -0.05) is 36.4 Å². The molecule has 1 saturated heterocycles. The molecular formula is C27H24F3N5O. The zero-order chi connectivity index (χ0) is 25.1. The van der Waals surface area contributed by atoms with E-state index in [4.69, 9.17) is 4.98 Å². The molecule has 0 unspecified atom stereocenters. The number of benzene rings is 2. The van der Waals surface area contributed by atoms with Crippen LogP contribution in [0.25, 0.3) is 0 Å². The monoisotopic (exact) mass is 491 g/mol. The molecule has 0 bridgehead atoms. The number of carbonyl (C=O) groups excluding carboxylic acids is 1. The molecule has 3 heterocycles. The normalized spacial score (nSPS) is 15.9. The number of hydrogen-bond donors (Lipinski definition) is 0. The van der Waals surface area contributed by atoms with Crippen LogP contribution in [0.15, 0.2) is 79.4 Å². The summed E-state index contributed by atoms with van der Waals surface area (Å²) in [5.74, 6) is -0.0526. The highest BCUT2D eigenvalue weighted by Crippen LogP contribution is 2.33. The maximum absolute atomic E-state index is 13.6. The number of halogens is 3. The third-order valence-corrected chi connectivity index (χ3v) is 6.40. The molecule has 0 saturated carbocycles. The van der Waals surface area contributed by atoms with E-state index in [-0.39, 0.29) is 11.9 Å². The first-order valence-corrected chi connectivity index (χ1v) is 11.7. The number of alkyl halides is 3. The fraction of sp³-hybridized carbons (Fsp3) is 0.259. The van der Waals surface area contributed by atoms with Crippen molar-refractivity contribution >= 4 is 5.91 Å². The third-order valence-electron chi connectivity index (χ3n) is 6.40. The van der Waals surface area contributed by atoms with Crippen LogP contribution in [-0.2, 0) is 19.1 Å². The zero-order valence-electron chi connectivity index (χ0n) is 19.4. The Labute approximate surface area is 206 Å². The van der Waals surface area contributed by atoms with E-state index in [2.05, 4.69) is 10.1 Å². The molecule has 1 atom stereocenters. The molecule has 4 aromatic rings. The largest absolute Gasteiger partial charge is 0.416 e. The van der Waals surface area contributed by atoms with Crippen LogP contribution >= 0.6 is 0 Å². The summed E-state index contributed by atoms with van der Waals surface area (Å²) in [7, 11) is 0. The van der Waals surface area contributed by atoms with Crippen molar-refractivity contribution in [3.05, 3.63) is 113 Å². The van der Waals surface area contributed by atoms with Gasteiger partial charge in [-0.2, -0.15) is 18.3 Å². The number of aromatic nitrogens is 4. The molecule has 0 spiro atoms. The molecule has 1 amide bonds. The smallest absolute Gasteiger partial charge is 0.330 e. The van der Waals surface area contributed by atoms with E-state index in [0.717, 1.165) is 47.5 Å². The van der Waals surface area contributed by atoms with Crippen molar-refractivity contribution in [1.29, 1.82) is 0 Å². The molecule has 9 heteroatoms. The first kappa shape index (κ1) is 23.7. The van der Waals surface area contributed by atoms with Crippen molar-refractivity contribution < 1.29 is 18.0 Å². The number of carbonyl (C=O) groups is 1. The van der Waals surface area contributed by atoms with E-state index in [0.29, 0.717) is 25.1 Å². The Hall–Kier alpha value is -4.01. The van der Waals surface area contributed by atoms with Crippen molar-refractivity contribution in [2.75, 3.05) is 6.54 Å². The van der Waals surface area contributed by atoms with Crippen LogP contribution in [0.3, 0.4) is 0 Å². The molecule has 0 radical (unpaired) electrons. The van der Waals surface area contributed by atoms with Crippen molar-refractivity contribution in [3.63, 3.8) is 0 Å². The van der Waals surface area contributed by atoms with Gasteiger partial charge < -0.3 is 4.90 Å². The Morgan fingerprint density at radius 1 is 1.00 bits per heavy atom. The average molecular weight is 492 g/mol.